The molecule has 36 heavy (non-hydrogen) atoms. The summed E-state index contributed by atoms with van der Waals surface area (Å²) in [6, 6.07) is 13.1. The summed E-state index contributed by atoms with van der Waals surface area (Å²) in [4.78, 5) is 20.7. The van der Waals surface area contributed by atoms with Crippen molar-refractivity contribution in [1.82, 2.24) is 24.2 Å². The third-order valence-corrected chi connectivity index (χ3v) is 6.58. The van der Waals surface area contributed by atoms with Crippen LogP contribution in [0.3, 0.4) is 0 Å². The molecule has 5 rings (SSSR count). The number of carbonyl (C=O) groups is 1. The lowest BCUT2D eigenvalue weighted by atomic mass is 10.1. The number of fused-ring (bicyclic) bond motifs is 2. The summed E-state index contributed by atoms with van der Waals surface area (Å²) in [5, 5.41) is 17.2. The second-order valence-corrected chi connectivity index (χ2v) is 9.89. The van der Waals surface area contributed by atoms with Crippen molar-refractivity contribution < 1.29 is 14.6 Å². The summed E-state index contributed by atoms with van der Waals surface area (Å²) >= 11 is 7.97. The van der Waals surface area contributed by atoms with E-state index in [1.54, 1.807) is 18.3 Å². The van der Waals surface area contributed by atoms with Crippen molar-refractivity contribution >= 4 is 61.7 Å². The van der Waals surface area contributed by atoms with Crippen LogP contribution in [0.25, 0.3) is 21.1 Å². The molecule has 3 heterocycles. The molecule has 0 unspecified atom stereocenters. The summed E-state index contributed by atoms with van der Waals surface area (Å²) in [5.74, 6) is 1.38. The first kappa shape index (κ1) is 24.0. The van der Waals surface area contributed by atoms with Crippen molar-refractivity contribution in [2.45, 2.75) is 26.0 Å². The first-order valence-electron chi connectivity index (χ1n) is 11.2. The molecule has 0 radical (unpaired) electrons. The highest BCUT2D eigenvalue weighted by atomic mass is 35.5. The van der Waals surface area contributed by atoms with Crippen LogP contribution < -0.4 is 15.4 Å². The van der Waals surface area contributed by atoms with Crippen molar-refractivity contribution in [1.29, 1.82) is 0 Å². The number of ether oxygens (including phenoxy) is 1. The quantitative estimate of drug-likeness (QED) is 0.259. The highest BCUT2D eigenvalue weighted by molar-refractivity contribution is 7.13. The van der Waals surface area contributed by atoms with Gasteiger partial charge in [0.2, 0.25) is 0 Å². The highest BCUT2D eigenvalue weighted by Gasteiger charge is 2.23. The molecule has 2 aromatic carbocycles. The van der Waals surface area contributed by atoms with Crippen molar-refractivity contribution in [3.8, 4) is 11.5 Å². The molecule has 0 atom stereocenters. The molecule has 0 aliphatic carbocycles. The molecule has 184 valence electrons. The van der Waals surface area contributed by atoms with E-state index in [1.165, 1.54) is 31.7 Å². The van der Waals surface area contributed by atoms with E-state index in [-0.39, 0.29) is 0 Å². The summed E-state index contributed by atoms with van der Waals surface area (Å²) in [7, 11) is 0. The van der Waals surface area contributed by atoms with E-state index < -0.39 is 11.5 Å². The van der Waals surface area contributed by atoms with Crippen LogP contribution in [-0.4, -0.2) is 42.1 Å². The van der Waals surface area contributed by atoms with Gasteiger partial charge < -0.3 is 25.0 Å². The van der Waals surface area contributed by atoms with E-state index in [0.29, 0.717) is 35.4 Å². The summed E-state index contributed by atoms with van der Waals surface area (Å²) in [6.45, 7) is 3.71. The maximum atomic E-state index is 12.0. The molecule has 0 saturated carbocycles. The summed E-state index contributed by atoms with van der Waals surface area (Å²) < 4.78 is 13.3. The average molecular weight is 523 g/mol. The Labute approximate surface area is 215 Å². The molecule has 0 aliphatic heterocycles. The molecule has 3 N–H and O–H groups in total. The largest absolute Gasteiger partial charge is 0.455 e. The Morgan fingerprint density at radius 3 is 2.86 bits per heavy atom. The Bertz CT molecular complexity index is 1560. The molecule has 0 saturated heterocycles. The molecule has 11 heteroatoms. The number of amides is 1. The number of aromatic nitrogens is 4. The SMILES string of the molecule is CC(C)(O)C(=O)NCCn1ccc2ncnc(Nc3ccc(Oc4cccc5sncc45)c(Cl)c3)c21. The fourth-order valence-corrected chi connectivity index (χ4v) is 4.57. The number of benzene rings is 2. The standard InChI is InChI=1S/C25H23ClN6O3S/c1-25(2,34)24(33)27-9-11-32-10-8-18-22(32)23(29-14-28-18)31-15-6-7-20(17(26)12-15)35-19-4-3-5-21-16(19)13-30-36-21/h3-8,10,12-14,34H,9,11H2,1-2H3,(H,27,33)(H,28,29,31). The predicted octanol–water partition coefficient (Wildman–Crippen LogP) is 5.12. The zero-order valence-corrected chi connectivity index (χ0v) is 21.1. The number of anilines is 2. The van der Waals surface area contributed by atoms with Gasteiger partial charge in [-0.1, -0.05) is 17.7 Å². The monoisotopic (exact) mass is 522 g/mol. The Balaban J connectivity index is 1.34. The normalized spacial score (nSPS) is 11.7. The van der Waals surface area contributed by atoms with E-state index in [4.69, 9.17) is 16.3 Å². The third kappa shape index (κ3) is 4.97. The maximum absolute atomic E-state index is 12.0. The van der Waals surface area contributed by atoms with Gasteiger partial charge in [0.05, 0.1) is 26.8 Å². The van der Waals surface area contributed by atoms with Crippen molar-refractivity contribution in [2.75, 3.05) is 11.9 Å². The van der Waals surface area contributed by atoms with Gasteiger partial charge in [-0.3, -0.25) is 4.79 Å². The van der Waals surface area contributed by atoms with Crippen LogP contribution in [0.15, 0.2) is 61.2 Å². The van der Waals surface area contributed by atoms with Crippen LogP contribution >= 0.6 is 23.1 Å². The number of halogens is 1. The second-order valence-electron chi connectivity index (χ2n) is 8.65. The van der Waals surface area contributed by atoms with Gasteiger partial charge in [-0.25, -0.2) is 9.97 Å². The highest BCUT2D eigenvalue weighted by Crippen LogP contribution is 2.36. The summed E-state index contributed by atoms with van der Waals surface area (Å²) in [5.41, 5.74) is 0.829. The zero-order valence-electron chi connectivity index (χ0n) is 19.5. The number of carbonyl (C=O) groups excluding carboxylic acids is 1. The molecular weight excluding hydrogens is 500 g/mol. The molecule has 0 spiro atoms. The fraction of sp³-hybridized carbons (Fsp3) is 0.200. The number of nitrogens with one attached hydrogen (secondary N) is 2. The number of hydrogen-bond acceptors (Lipinski definition) is 8. The van der Waals surface area contributed by atoms with Gasteiger partial charge in [0.15, 0.2) is 5.82 Å². The zero-order chi connectivity index (χ0) is 25.3. The molecule has 3 aromatic heterocycles. The van der Waals surface area contributed by atoms with E-state index in [2.05, 4.69) is 25.0 Å². The Hall–Kier alpha value is -3.73. The van der Waals surface area contributed by atoms with E-state index in [9.17, 15) is 9.90 Å². The van der Waals surface area contributed by atoms with Crippen molar-refractivity contribution in [3.05, 3.63) is 66.2 Å². The van der Waals surface area contributed by atoms with Crippen LogP contribution in [0.1, 0.15) is 13.8 Å². The van der Waals surface area contributed by atoms with Crippen LogP contribution in [-0.2, 0) is 11.3 Å². The summed E-state index contributed by atoms with van der Waals surface area (Å²) in [6.07, 6.45) is 5.15. The first-order valence-corrected chi connectivity index (χ1v) is 12.3. The molecule has 0 aliphatic rings. The van der Waals surface area contributed by atoms with Gasteiger partial charge in [0.1, 0.15) is 28.9 Å². The van der Waals surface area contributed by atoms with Gasteiger partial charge in [-0.15, -0.1) is 0 Å². The van der Waals surface area contributed by atoms with Gasteiger partial charge in [-0.05, 0) is 61.8 Å². The lowest BCUT2D eigenvalue weighted by Crippen LogP contribution is -2.43. The van der Waals surface area contributed by atoms with Crippen LogP contribution in [0.2, 0.25) is 5.02 Å². The molecule has 5 aromatic rings. The van der Waals surface area contributed by atoms with Crippen LogP contribution in [0.5, 0.6) is 11.5 Å². The molecular formula is C25H23ClN6O3S. The van der Waals surface area contributed by atoms with Crippen molar-refractivity contribution in [2.24, 2.45) is 0 Å². The first-order chi connectivity index (χ1) is 17.3. The number of nitrogens with zero attached hydrogens (tertiary/aromatic N) is 4. The molecule has 0 bridgehead atoms. The Kier molecular flexibility index (Phi) is 6.48. The average Bonchev–Trinajstić information content (AvgIpc) is 3.48. The van der Waals surface area contributed by atoms with Gasteiger partial charge in [0.25, 0.3) is 5.91 Å². The number of rotatable bonds is 8. The molecule has 0 fully saturated rings. The number of hydrogen-bond donors (Lipinski definition) is 3. The van der Waals surface area contributed by atoms with Crippen LogP contribution in [0, 0.1) is 0 Å². The smallest absolute Gasteiger partial charge is 0.251 e. The van der Waals surface area contributed by atoms with Gasteiger partial charge >= 0.3 is 0 Å². The number of aliphatic hydroxyl groups is 1. The third-order valence-electron chi connectivity index (χ3n) is 5.52. The van der Waals surface area contributed by atoms with Crippen molar-refractivity contribution in [3.63, 3.8) is 0 Å². The lowest BCUT2D eigenvalue weighted by Gasteiger charge is -2.17. The topological polar surface area (TPSA) is 114 Å². The molecule has 1 amide bonds. The lowest BCUT2D eigenvalue weighted by molar-refractivity contribution is -0.136. The minimum absolute atomic E-state index is 0.338. The minimum atomic E-state index is -1.43. The maximum Gasteiger partial charge on any atom is 0.251 e. The minimum Gasteiger partial charge on any atom is -0.455 e. The Morgan fingerprint density at radius 2 is 2.06 bits per heavy atom. The van der Waals surface area contributed by atoms with E-state index in [1.807, 2.05) is 41.1 Å². The van der Waals surface area contributed by atoms with Crippen LogP contribution in [0.4, 0.5) is 11.5 Å². The van der Waals surface area contributed by atoms with E-state index in [0.717, 1.165) is 26.8 Å². The fourth-order valence-electron chi connectivity index (χ4n) is 3.69. The second kappa shape index (κ2) is 9.73. The predicted molar refractivity (Wildman–Crippen MR) is 141 cm³/mol. The van der Waals surface area contributed by atoms with E-state index >= 15 is 0 Å². The Morgan fingerprint density at radius 1 is 1.19 bits per heavy atom. The van der Waals surface area contributed by atoms with Gasteiger partial charge in [-0.2, -0.15) is 4.37 Å². The molecule has 9 nitrogen and oxygen atoms in total. The van der Waals surface area contributed by atoms with Gasteiger partial charge in [0, 0.05) is 25.0 Å².